The Morgan fingerprint density at radius 3 is 2.64 bits per heavy atom. The van der Waals surface area contributed by atoms with Gasteiger partial charge in [0.25, 0.3) is 5.91 Å². The van der Waals surface area contributed by atoms with Crippen molar-refractivity contribution in [1.29, 1.82) is 0 Å². The van der Waals surface area contributed by atoms with Gasteiger partial charge >= 0.3 is 0 Å². The van der Waals surface area contributed by atoms with E-state index in [1.807, 2.05) is 0 Å². The highest BCUT2D eigenvalue weighted by Crippen LogP contribution is 2.14. The van der Waals surface area contributed by atoms with E-state index < -0.39 is 0 Å². The van der Waals surface area contributed by atoms with Gasteiger partial charge in [0.15, 0.2) is 6.61 Å². The summed E-state index contributed by atoms with van der Waals surface area (Å²) in [7, 11) is 0. The van der Waals surface area contributed by atoms with Crippen LogP contribution in [0.25, 0.3) is 0 Å². The zero-order valence-electron chi connectivity index (χ0n) is 13.5. The molecule has 2 aromatic carbocycles. The molecule has 1 amide bonds. The van der Waals surface area contributed by atoms with Gasteiger partial charge in [-0.25, -0.2) is 4.39 Å². The van der Waals surface area contributed by atoms with Crippen LogP contribution >= 0.6 is 0 Å². The van der Waals surface area contributed by atoms with Gasteiger partial charge in [-0.3, -0.25) is 4.79 Å². The second kappa shape index (κ2) is 7.57. The number of hydrogen-bond donors (Lipinski definition) is 1. The van der Waals surface area contributed by atoms with Gasteiger partial charge in [-0.2, -0.15) is 4.98 Å². The molecule has 25 heavy (non-hydrogen) atoms. The summed E-state index contributed by atoms with van der Waals surface area (Å²) in [5.74, 6) is 0.865. The van der Waals surface area contributed by atoms with Crippen molar-refractivity contribution in [2.45, 2.75) is 20.1 Å². The number of rotatable bonds is 6. The molecule has 0 aliphatic carbocycles. The Balaban J connectivity index is 1.54. The predicted molar refractivity (Wildman–Crippen MR) is 87.4 cm³/mol. The van der Waals surface area contributed by atoms with Crippen LogP contribution in [0.3, 0.4) is 0 Å². The topological polar surface area (TPSA) is 77.2 Å². The quantitative estimate of drug-likeness (QED) is 0.746. The average molecular weight is 341 g/mol. The minimum Gasteiger partial charge on any atom is -0.485 e. The first kappa shape index (κ1) is 16.6. The van der Waals surface area contributed by atoms with Crippen LogP contribution in [0, 0.1) is 12.7 Å². The van der Waals surface area contributed by atoms with Crippen molar-refractivity contribution in [1.82, 2.24) is 15.5 Å². The second-order valence-corrected chi connectivity index (χ2v) is 5.32. The van der Waals surface area contributed by atoms with Gasteiger partial charge < -0.3 is 14.6 Å². The van der Waals surface area contributed by atoms with Crippen LogP contribution in [0.4, 0.5) is 4.39 Å². The van der Waals surface area contributed by atoms with E-state index in [2.05, 4.69) is 15.5 Å². The molecule has 7 heteroatoms. The second-order valence-electron chi connectivity index (χ2n) is 5.32. The van der Waals surface area contributed by atoms with Gasteiger partial charge in [-0.15, -0.1) is 0 Å². The van der Waals surface area contributed by atoms with E-state index in [9.17, 15) is 9.18 Å². The molecular weight excluding hydrogens is 325 g/mol. The largest absolute Gasteiger partial charge is 0.485 e. The monoisotopic (exact) mass is 341 g/mol. The summed E-state index contributed by atoms with van der Waals surface area (Å²) in [5, 5.41) is 6.41. The number of halogens is 1. The molecule has 0 spiro atoms. The third kappa shape index (κ3) is 4.41. The first-order valence-electron chi connectivity index (χ1n) is 7.65. The molecule has 128 valence electrons. The Kier molecular flexibility index (Phi) is 5.03. The molecule has 0 aliphatic rings. The van der Waals surface area contributed by atoms with Crippen LogP contribution in [-0.2, 0) is 13.2 Å². The highest BCUT2D eigenvalue weighted by molar-refractivity contribution is 5.94. The molecule has 0 aliphatic heterocycles. The summed E-state index contributed by atoms with van der Waals surface area (Å²) in [4.78, 5) is 16.2. The van der Waals surface area contributed by atoms with Crippen LogP contribution in [0.15, 0.2) is 53.1 Å². The molecule has 0 atom stereocenters. The van der Waals surface area contributed by atoms with Crippen LogP contribution in [0.1, 0.15) is 27.6 Å². The highest BCUT2D eigenvalue weighted by Gasteiger charge is 2.08. The van der Waals surface area contributed by atoms with Gasteiger partial charge in [0.2, 0.25) is 11.7 Å². The first-order valence-corrected chi connectivity index (χ1v) is 7.65. The van der Waals surface area contributed by atoms with Crippen molar-refractivity contribution < 1.29 is 18.4 Å². The van der Waals surface area contributed by atoms with E-state index in [4.69, 9.17) is 9.26 Å². The number of amides is 1. The minimum absolute atomic E-state index is 0.126. The van der Waals surface area contributed by atoms with Crippen molar-refractivity contribution >= 4 is 5.91 Å². The van der Waals surface area contributed by atoms with Crippen molar-refractivity contribution in [3.63, 3.8) is 0 Å². The molecule has 1 heterocycles. The maximum absolute atomic E-state index is 13.5. The third-order valence-electron chi connectivity index (χ3n) is 3.45. The van der Waals surface area contributed by atoms with Gasteiger partial charge in [-0.05, 0) is 30.3 Å². The van der Waals surface area contributed by atoms with Gasteiger partial charge in [-0.1, -0.05) is 23.4 Å². The van der Waals surface area contributed by atoms with E-state index in [1.54, 1.807) is 49.4 Å². The lowest BCUT2D eigenvalue weighted by Crippen LogP contribution is -2.23. The number of aromatic nitrogens is 2. The number of aryl methyl sites for hydroxylation is 1. The number of ether oxygens (including phenoxy) is 1. The molecule has 1 aromatic heterocycles. The van der Waals surface area contributed by atoms with E-state index in [1.165, 1.54) is 6.07 Å². The average Bonchev–Trinajstić information content (AvgIpc) is 3.05. The fourth-order valence-electron chi connectivity index (χ4n) is 2.17. The Labute approximate surface area is 143 Å². The zero-order valence-corrected chi connectivity index (χ0v) is 13.5. The summed E-state index contributed by atoms with van der Waals surface area (Å²) in [5.41, 5.74) is 0.894. The van der Waals surface area contributed by atoms with Crippen molar-refractivity contribution in [2.24, 2.45) is 0 Å². The first-order chi connectivity index (χ1) is 12.1. The van der Waals surface area contributed by atoms with Crippen LogP contribution < -0.4 is 10.1 Å². The summed E-state index contributed by atoms with van der Waals surface area (Å²) in [6.45, 7) is 2.00. The molecule has 3 aromatic rings. The molecule has 1 N–H and O–H groups in total. The highest BCUT2D eigenvalue weighted by atomic mass is 19.1. The van der Waals surface area contributed by atoms with E-state index in [-0.39, 0.29) is 24.9 Å². The number of carbonyl (C=O) groups is 1. The number of nitrogens with zero attached hydrogens (tertiary/aromatic N) is 2. The van der Waals surface area contributed by atoms with Gasteiger partial charge in [0.05, 0.1) is 0 Å². The summed E-state index contributed by atoms with van der Waals surface area (Å²) >= 11 is 0. The zero-order chi connectivity index (χ0) is 17.6. The lowest BCUT2D eigenvalue weighted by atomic mass is 10.2. The number of carbonyl (C=O) groups excluding carboxylic acids is 1. The summed E-state index contributed by atoms with van der Waals surface area (Å²) < 4.78 is 23.9. The number of nitrogens with one attached hydrogen (secondary N) is 1. The SMILES string of the molecule is Cc1nc(COc2ccc(C(=O)NCc3ccccc3F)cc2)no1. The summed E-state index contributed by atoms with van der Waals surface area (Å²) in [6.07, 6.45) is 0. The van der Waals surface area contributed by atoms with Crippen molar-refractivity contribution in [2.75, 3.05) is 0 Å². The van der Waals surface area contributed by atoms with Gasteiger partial charge in [0.1, 0.15) is 11.6 Å². The lowest BCUT2D eigenvalue weighted by Gasteiger charge is -2.07. The minimum atomic E-state index is -0.344. The van der Waals surface area contributed by atoms with E-state index >= 15 is 0 Å². The smallest absolute Gasteiger partial charge is 0.251 e. The maximum atomic E-state index is 13.5. The molecular formula is C18H16FN3O3. The van der Waals surface area contributed by atoms with Crippen molar-refractivity contribution in [3.05, 3.63) is 77.2 Å². The molecule has 0 fully saturated rings. The Hall–Kier alpha value is -3.22. The third-order valence-corrected chi connectivity index (χ3v) is 3.45. The maximum Gasteiger partial charge on any atom is 0.251 e. The molecule has 0 saturated heterocycles. The number of hydrogen-bond acceptors (Lipinski definition) is 5. The molecule has 3 rings (SSSR count). The molecule has 6 nitrogen and oxygen atoms in total. The van der Waals surface area contributed by atoms with Crippen molar-refractivity contribution in [3.8, 4) is 5.75 Å². The predicted octanol–water partition coefficient (Wildman–Crippen LogP) is 3.03. The standard InChI is InChI=1S/C18H16FN3O3/c1-12-21-17(22-25-12)11-24-15-8-6-13(7-9-15)18(23)20-10-14-4-2-3-5-16(14)19/h2-9H,10-11H2,1H3,(H,20,23). The van der Waals surface area contributed by atoms with Gasteiger partial charge in [0, 0.05) is 24.6 Å². The van der Waals surface area contributed by atoms with E-state index in [0.29, 0.717) is 28.6 Å². The Bertz CT molecular complexity index is 862. The number of benzene rings is 2. The fraction of sp³-hybridized carbons (Fsp3) is 0.167. The fourth-order valence-corrected chi connectivity index (χ4v) is 2.17. The lowest BCUT2D eigenvalue weighted by molar-refractivity contribution is 0.0950. The van der Waals surface area contributed by atoms with E-state index in [0.717, 1.165) is 0 Å². The molecule has 0 saturated carbocycles. The van der Waals surface area contributed by atoms with Crippen LogP contribution in [0.5, 0.6) is 5.75 Å². The normalized spacial score (nSPS) is 10.5. The molecule has 0 radical (unpaired) electrons. The van der Waals surface area contributed by atoms with Crippen LogP contribution in [0.2, 0.25) is 0 Å². The summed E-state index contributed by atoms with van der Waals surface area (Å²) in [6, 6.07) is 12.9. The Morgan fingerprint density at radius 2 is 1.96 bits per heavy atom. The molecule has 0 bridgehead atoms. The Morgan fingerprint density at radius 1 is 1.20 bits per heavy atom. The van der Waals surface area contributed by atoms with Crippen LogP contribution in [-0.4, -0.2) is 16.0 Å². The molecule has 0 unspecified atom stereocenters.